The maximum Gasteiger partial charge on any atom is 0.292 e. The highest BCUT2D eigenvalue weighted by Gasteiger charge is 2.24. The van der Waals surface area contributed by atoms with E-state index in [-0.39, 0.29) is 11.4 Å². The van der Waals surface area contributed by atoms with E-state index in [0.717, 1.165) is 5.39 Å². The van der Waals surface area contributed by atoms with Gasteiger partial charge in [-0.3, -0.25) is 14.9 Å². The van der Waals surface area contributed by atoms with E-state index in [4.69, 9.17) is 9.15 Å². The number of carbonyl (C=O) groups is 1. The number of nitrogens with zero attached hydrogens (tertiary/aromatic N) is 2. The first-order valence-corrected chi connectivity index (χ1v) is 8.94. The molecule has 3 aromatic rings. The molecule has 1 aliphatic rings. The fraction of sp³-hybridized carbons (Fsp3) is 0.250. The van der Waals surface area contributed by atoms with Crippen molar-refractivity contribution >= 4 is 33.9 Å². The van der Waals surface area contributed by atoms with E-state index < -0.39 is 10.8 Å². The number of fused-ring (bicyclic) bond motifs is 1. The summed E-state index contributed by atoms with van der Waals surface area (Å²) in [5.74, 6) is -0.215. The van der Waals surface area contributed by atoms with Crippen molar-refractivity contribution < 1.29 is 18.9 Å². The Kier molecular flexibility index (Phi) is 4.70. The maximum absolute atomic E-state index is 12.7. The van der Waals surface area contributed by atoms with Gasteiger partial charge in [0.15, 0.2) is 5.76 Å². The van der Waals surface area contributed by atoms with E-state index in [0.29, 0.717) is 48.8 Å². The highest BCUT2D eigenvalue weighted by atomic mass is 16.6. The van der Waals surface area contributed by atoms with Gasteiger partial charge in [-0.05, 0) is 30.7 Å². The number of morpholine rings is 1. The predicted octanol–water partition coefficient (Wildman–Crippen LogP) is 3.74. The lowest BCUT2D eigenvalue weighted by molar-refractivity contribution is -0.384. The van der Waals surface area contributed by atoms with E-state index in [1.54, 1.807) is 25.1 Å². The Morgan fingerprint density at radius 3 is 2.64 bits per heavy atom. The molecule has 2 aromatic carbocycles. The zero-order valence-corrected chi connectivity index (χ0v) is 15.3. The van der Waals surface area contributed by atoms with E-state index in [2.05, 4.69) is 5.32 Å². The average Bonchev–Trinajstić information content (AvgIpc) is 3.14. The van der Waals surface area contributed by atoms with Gasteiger partial charge in [-0.1, -0.05) is 18.2 Å². The first kappa shape index (κ1) is 18.0. The van der Waals surface area contributed by atoms with Gasteiger partial charge in [-0.15, -0.1) is 0 Å². The number of hydrogen-bond acceptors (Lipinski definition) is 6. The minimum atomic E-state index is -0.402. The number of rotatable bonds is 4. The molecule has 8 heteroatoms. The summed E-state index contributed by atoms with van der Waals surface area (Å²) in [5, 5.41) is 15.2. The Balaban J connectivity index is 1.66. The van der Waals surface area contributed by atoms with Crippen molar-refractivity contribution in [3.05, 3.63) is 63.9 Å². The average molecular weight is 381 g/mol. The molecule has 4 rings (SSSR count). The number of carbonyl (C=O) groups excluding carboxylic acids is 1. The summed E-state index contributed by atoms with van der Waals surface area (Å²) in [4.78, 5) is 25.7. The van der Waals surface area contributed by atoms with Gasteiger partial charge in [-0.2, -0.15) is 0 Å². The molecule has 0 saturated carbocycles. The Hall–Kier alpha value is -3.39. The molecule has 0 unspecified atom stereocenters. The smallest absolute Gasteiger partial charge is 0.292 e. The van der Waals surface area contributed by atoms with Crippen molar-refractivity contribution in [1.82, 2.24) is 0 Å². The number of ether oxygens (including phenoxy) is 1. The van der Waals surface area contributed by atoms with Crippen molar-refractivity contribution in [2.24, 2.45) is 0 Å². The molecule has 0 radical (unpaired) electrons. The molecule has 0 bridgehead atoms. The van der Waals surface area contributed by atoms with Crippen molar-refractivity contribution in [2.45, 2.75) is 6.92 Å². The molecule has 144 valence electrons. The molecule has 0 spiro atoms. The van der Waals surface area contributed by atoms with Crippen LogP contribution in [0.2, 0.25) is 0 Å². The molecule has 1 amide bonds. The van der Waals surface area contributed by atoms with Crippen molar-refractivity contribution in [1.29, 1.82) is 0 Å². The summed E-state index contributed by atoms with van der Waals surface area (Å²) in [7, 11) is 0. The Morgan fingerprint density at radius 1 is 1.18 bits per heavy atom. The minimum Gasteiger partial charge on any atom is -0.451 e. The van der Waals surface area contributed by atoms with Crippen LogP contribution in [0.4, 0.5) is 17.1 Å². The number of anilines is 2. The van der Waals surface area contributed by atoms with Crippen LogP contribution < -0.4 is 10.2 Å². The van der Waals surface area contributed by atoms with Gasteiger partial charge in [0.25, 0.3) is 11.6 Å². The van der Waals surface area contributed by atoms with Gasteiger partial charge < -0.3 is 19.4 Å². The molecule has 0 atom stereocenters. The fourth-order valence-electron chi connectivity index (χ4n) is 3.30. The summed E-state index contributed by atoms with van der Waals surface area (Å²) in [6.45, 7) is 3.85. The number of amides is 1. The van der Waals surface area contributed by atoms with Crippen LogP contribution in [-0.2, 0) is 4.74 Å². The number of hydrogen-bond donors (Lipinski definition) is 1. The van der Waals surface area contributed by atoms with Crippen LogP contribution in [0.5, 0.6) is 0 Å². The molecule has 1 saturated heterocycles. The van der Waals surface area contributed by atoms with E-state index >= 15 is 0 Å². The number of nitrogens with one attached hydrogen (secondary N) is 1. The van der Waals surface area contributed by atoms with E-state index in [9.17, 15) is 14.9 Å². The molecule has 28 heavy (non-hydrogen) atoms. The summed E-state index contributed by atoms with van der Waals surface area (Å²) >= 11 is 0. The molecular formula is C20H19N3O5. The Bertz CT molecular complexity index is 1020. The van der Waals surface area contributed by atoms with Crippen LogP contribution in [0.25, 0.3) is 11.0 Å². The number of aryl methyl sites for hydroxylation is 1. The van der Waals surface area contributed by atoms with Crippen LogP contribution >= 0.6 is 0 Å². The topological polar surface area (TPSA) is 97.9 Å². The second kappa shape index (κ2) is 7.32. The first-order valence-electron chi connectivity index (χ1n) is 8.94. The predicted molar refractivity (Wildman–Crippen MR) is 105 cm³/mol. The van der Waals surface area contributed by atoms with Gasteiger partial charge in [0.2, 0.25) is 0 Å². The number of nitro benzene ring substituents is 1. The van der Waals surface area contributed by atoms with Crippen LogP contribution in [0.15, 0.2) is 46.9 Å². The van der Waals surface area contributed by atoms with Crippen LogP contribution in [-0.4, -0.2) is 37.1 Å². The van der Waals surface area contributed by atoms with Gasteiger partial charge >= 0.3 is 0 Å². The van der Waals surface area contributed by atoms with Crippen molar-refractivity contribution in [2.75, 3.05) is 36.5 Å². The summed E-state index contributed by atoms with van der Waals surface area (Å²) in [5.41, 5.74) is 2.23. The van der Waals surface area contributed by atoms with E-state index in [1.807, 2.05) is 23.1 Å². The number of furan rings is 1. The zero-order chi connectivity index (χ0) is 19.7. The number of benzene rings is 2. The standard InChI is InChI=1S/C20H19N3O5/c1-13-10-17(23(25)26)16(22-6-8-27-9-7-22)12-15(13)21-20(24)19-11-14-4-2-3-5-18(14)28-19/h2-5,10-12H,6-9H2,1H3,(H,21,24). The molecule has 8 nitrogen and oxygen atoms in total. The van der Waals surface area contributed by atoms with Crippen LogP contribution in [0.1, 0.15) is 16.1 Å². The highest BCUT2D eigenvalue weighted by Crippen LogP contribution is 2.34. The molecule has 1 fully saturated rings. The molecule has 1 aliphatic heterocycles. The minimum absolute atomic E-state index is 0.0149. The van der Waals surface area contributed by atoms with Crippen molar-refractivity contribution in [3.8, 4) is 0 Å². The largest absolute Gasteiger partial charge is 0.451 e. The van der Waals surface area contributed by atoms with Gasteiger partial charge in [0.1, 0.15) is 11.3 Å². The second-order valence-corrected chi connectivity index (χ2v) is 6.61. The Labute approximate surface area is 160 Å². The summed E-state index contributed by atoms with van der Waals surface area (Å²) in [6.07, 6.45) is 0. The molecule has 1 N–H and O–H groups in total. The highest BCUT2D eigenvalue weighted by molar-refractivity contribution is 6.05. The third-order valence-corrected chi connectivity index (χ3v) is 4.77. The number of para-hydroxylation sites is 1. The fourth-order valence-corrected chi connectivity index (χ4v) is 3.30. The monoisotopic (exact) mass is 381 g/mol. The zero-order valence-electron chi connectivity index (χ0n) is 15.3. The lowest BCUT2D eigenvalue weighted by Crippen LogP contribution is -2.36. The quantitative estimate of drug-likeness (QED) is 0.546. The lowest BCUT2D eigenvalue weighted by atomic mass is 10.1. The first-order chi connectivity index (χ1) is 13.5. The van der Waals surface area contributed by atoms with Gasteiger partial charge in [-0.25, -0.2) is 0 Å². The third-order valence-electron chi connectivity index (χ3n) is 4.77. The molecule has 2 heterocycles. The summed E-state index contributed by atoms with van der Waals surface area (Å²) < 4.78 is 10.9. The summed E-state index contributed by atoms with van der Waals surface area (Å²) in [6, 6.07) is 12.2. The van der Waals surface area contributed by atoms with Crippen LogP contribution in [0, 0.1) is 17.0 Å². The van der Waals surface area contributed by atoms with Gasteiger partial charge in [0, 0.05) is 30.2 Å². The van der Waals surface area contributed by atoms with Crippen molar-refractivity contribution in [3.63, 3.8) is 0 Å². The Morgan fingerprint density at radius 2 is 1.93 bits per heavy atom. The molecule has 1 aromatic heterocycles. The molecule has 0 aliphatic carbocycles. The lowest BCUT2D eigenvalue weighted by Gasteiger charge is -2.29. The second-order valence-electron chi connectivity index (χ2n) is 6.61. The normalized spacial score (nSPS) is 14.2. The number of nitro groups is 1. The third kappa shape index (κ3) is 3.41. The van der Waals surface area contributed by atoms with Crippen LogP contribution in [0.3, 0.4) is 0 Å². The maximum atomic E-state index is 12.7. The van der Waals surface area contributed by atoms with E-state index in [1.165, 1.54) is 6.07 Å². The van der Waals surface area contributed by atoms with Gasteiger partial charge in [0.05, 0.1) is 18.1 Å². The SMILES string of the molecule is Cc1cc([N+](=O)[O-])c(N2CCOCC2)cc1NC(=O)c1cc2ccccc2o1. The molecular weight excluding hydrogens is 362 g/mol.